The van der Waals surface area contributed by atoms with Crippen molar-refractivity contribution in [3.8, 4) is 0 Å². The van der Waals surface area contributed by atoms with Crippen LogP contribution in [0.2, 0.25) is 0 Å². The van der Waals surface area contributed by atoms with Gasteiger partial charge in [0.1, 0.15) is 0 Å². The number of nitrogens with one attached hydrogen (secondary N) is 3. The van der Waals surface area contributed by atoms with Crippen molar-refractivity contribution in [2.24, 2.45) is 5.11 Å². The molecule has 0 atom stereocenters. The highest BCUT2D eigenvalue weighted by molar-refractivity contribution is 6.13. The molecule has 0 radical (unpaired) electrons. The van der Waals surface area contributed by atoms with E-state index in [1.165, 1.54) is 0 Å². The molecule has 3 N–H and O–H groups in total. The van der Waals surface area contributed by atoms with E-state index in [9.17, 15) is 4.79 Å². The molecule has 1 amide bonds. The molecule has 0 heterocycles. The van der Waals surface area contributed by atoms with Crippen molar-refractivity contribution in [2.75, 3.05) is 19.6 Å². The molecule has 0 aliphatic carbocycles. The van der Waals surface area contributed by atoms with Crippen molar-refractivity contribution < 1.29 is 4.79 Å². The summed E-state index contributed by atoms with van der Waals surface area (Å²) in [6.45, 7) is 0.642. The lowest BCUT2D eigenvalue weighted by Gasteiger charge is -2.01. The fraction of sp³-hybridized carbons (Fsp3) is 0.750. The first-order valence-electron chi connectivity index (χ1n) is 3.17. The summed E-state index contributed by atoms with van der Waals surface area (Å²) >= 11 is 5.02. The SMILES string of the molecule is [N-]=[N+]=NCCNC(=O)CNNCl. The van der Waals surface area contributed by atoms with Gasteiger partial charge in [0.2, 0.25) is 5.91 Å². The fourth-order valence-electron chi connectivity index (χ4n) is 0.466. The Hall–Kier alpha value is -1.01. The quantitative estimate of drug-likeness (QED) is 0.134. The Morgan fingerprint density at radius 2 is 2.42 bits per heavy atom. The van der Waals surface area contributed by atoms with E-state index >= 15 is 0 Å². The van der Waals surface area contributed by atoms with Crippen LogP contribution in [0.25, 0.3) is 10.4 Å². The van der Waals surface area contributed by atoms with Gasteiger partial charge in [0.05, 0.1) is 6.54 Å². The number of hydrazine groups is 1. The fourth-order valence-corrected chi connectivity index (χ4v) is 0.533. The second kappa shape index (κ2) is 8.09. The summed E-state index contributed by atoms with van der Waals surface area (Å²) in [7, 11) is 0. The third-order valence-corrected chi connectivity index (χ3v) is 1.05. The van der Waals surface area contributed by atoms with Crippen LogP contribution in [0.15, 0.2) is 5.11 Å². The maximum atomic E-state index is 10.8. The van der Waals surface area contributed by atoms with Crippen molar-refractivity contribution >= 4 is 17.7 Å². The third kappa shape index (κ3) is 7.10. The lowest BCUT2D eigenvalue weighted by atomic mass is 10.5. The van der Waals surface area contributed by atoms with Gasteiger partial charge in [-0.1, -0.05) is 5.11 Å². The van der Waals surface area contributed by atoms with Gasteiger partial charge in [0, 0.05) is 18.0 Å². The van der Waals surface area contributed by atoms with E-state index in [4.69, 9.17) is 17.3 Å². The molecule has 0 fully saturated rings. The zero-order valence-corrected chi connectivity index (χ0v) is 7.01. The molecule has 0 rings (SSSR count). The van der Waals surface area contributed by atoms with Gasteiger partial charge in [-0.2, -0.15) is 4.94 Å². The molecule has 0 saturated carbocycles. The average Bonchev–Trinajstić information content (AvgIpc) is 2.09. The summed E-state index contributed by atoms with van der Waals surface area (Å²) in [6, 6.07) is 0. The van der Waals surface area contributed by atoms with Crippen LogP contribution < -0.4 is 15.7 Å². The number of halogens is 1. The molecule has 0 bridgehead atoms. The van der Waals surface area contributed by atoms with Crippen LogP contribution in [0.5, 0.6) is 0 Å². The minimum absolute atomic E-state index is 0.0692. The van der Waals surface area contributed by atoms with Gasteiger partial charge in [-0.3, -0.25) is 4.79 Å². The Kier molecular flexibility index (Phi) is 7.41. The number of azide groups is 1. The maximum absolute atomic E-state index is 10.8. The molecular weight excluding hydrogens is 184 g/mol. The Morgan fingerprint density at radius 3 is 3.00 bits per heavy atom. The Balaban J connectivity index is 3.25. The number of carbonyl (C=O) groups is 1. The topological polar surface area (TPSA) is 102 Å². The van der Waals surface area contributed by atoms with Crippen molar-refractivity contribution in [3.63, 3.8) is 0 Å². The zero-order chi connectivity index (χ0) is 9.23. The normalized spacial score (nSPS) is 8.75. The minimum Gasteiger partial charge on any atom is -0.355 e. The van der Waals surface area contributed by atoms with Gasteiger partial charge < -0.3 is 5.32 Å². The van der Waals surface area contributed by atoms with Crippen LogP contribution >= 0.6 is 11.8 Å². The molecule has 12 heavy (non-hydrogen) atoms. The van der Waals surface area contributed by atoms with Crippen LogP contribution in [0, 0.1) is 0 Å². The molecule has 68 valence electrons. The molecule has 0 unspecified atom stereocenters. The molecule has 0 aliphatic heterocycles. The van der Waals surface area contributed by atoms with E-state index in [0.717, 1.165) is 0 Å². The molecule has 0 spiro atoms. The third-order valence-electron chi connectivity index (χ3n) is 0.913. The van der Waals surface area contributed by atoms with Crippen LogP contribution in [-0.2, 0) is 4.79 Å². The minimum atomic E-state index is -0.226. The van der Waals surface area contributed by atoms with Gasteiger partial charge in [0.15, 0.2) is 0 Å². The molecule has 0 aliphatic rings. The molecule has 7 nitrogen and oxygen atoms in total. The number of hydrogen-bond acceptors (Lipinski definition) is 4. The Labute approximate surface area is 74.2 Å². The number of nitrogens with zero attached hydrogens (tertiary/aromatic N) is 3. The molecule has 0 saturated heterocycles. The summed E-state index contributed by atoms with van der Waals surface area (Å²) in [5, 5.41) is 5.72. The highest BCUT2D eigenvalue weighted by atomic mass is 35.5. The highest BCUT2D eigenvalue weighted by Gasteiger charge is 1.96. The first kappa shape index (κ1) is 11.0. The van der Waals surface area contributed by atoms with E-state index in [1.54, 1.807) is 0 Å². The molecule has 0 aromatic heterocycles. The number of carbonyl (C=O) groups excluding carboxylic acids is 1. The second-order valence-corrected chi connectivity index (χ2v) is 1.94. The van der Waals surface area contributed by atoms with E-state index in [0.29, 0.717) is 6.54 Å². The molecule has 8 heteroatoms. The largest absolute Gasteiger partial charge is 0.355 e. The summed E-state index contributed by atoms with van der Waals surface area (Å²) < 4.78 is 0. The molecule has 0 aromatic rings. The summed E-state index contributed by atoms with van der Waals surface area (Å²) in [4.78, 5) is 15.4. The van der Waals surface area contributed by atoms with Gasteiger partial charge in [-0.25, -0.2) is 5.43 Å². The van der Waals surface area contributed by atoms with Gasteiger partial charge in [0.25, 0.3) is 0 Å². The monoisotopic (exact) mass is 192 g/mol. The lowest BCUT2D eigenvalue weighted by molar-refractivity contribution is -0.120. The van der Waals surface area contributed by atoms with E-state index in [2.05, 4.69) is 25.7 Å². The van der Waals surface area contributed by atoms with Gasteiger partial charge in [-0.15, -0.1) is 0 Å². The van der Waals surface area contributed by atoms with Crippen LogP contribution in [-0.4, -0.2) is 25.5 Å². The predicted octanol–water partition coefficient (Wildman–Crippen LogP) is -0.339. The highest BCUT2D eigenvalue weighted by Crippen LogP contribution is 1.69. The van der Waals surface area contributed by atoms with Crippen molar-refractivity contribution in [1.29, 1.82) is 0 Å². The van der Waals surface area contributed by atoms with E-state index in [-0.39, 0.29) is 19.0 Å². The van der Waals surface area contributed by atoms with Crippen molar-refractivity contribution in [3.05, 3.63) is 10.4 Å². The van der Waals surface area contributed by atoms with Gasteiger partial charge in [-0.05, 0) is 17.3 Å². The predicted molar refractivity (Wildman–Crippen MR) is 44.0 cm³/mol. The maximum Gasteiger partial charge on any atom is 0.235 e. The van der Waals surface area contributed by atoms with Crippen LogP contribution in [0.4, 0.5) is 0 Å². The number of amides is 1. The first-order chi connectivity index (χ1) is 5.81. The van der Waals surface area contributed by atoms with Crippen LogP contribution in [0.1, 0.15) is 0 Å². The Bertz CT molecular complexity index is 178. The van der Waals surface area contributed by atoms with Crippen LogP contribution in [0.3, 0.4) is 0 Å². The summed E-state index contributed by atoms with van der Waals surface area (Å²) in [5.41, 5.74) is 10.3. The van der Waals surface area contributed by atoms with E-state index < -0.39 is 0 Å². The second-order valence-electron chi connectivity index (χ2n) is 1.75. The lowest BCUT2D eigenvalue weighted by Crippen LogP contribution is -2.38. The summed E-state index contributed by atoms with van der Waals surface area (Å²) in [6.07, 6.45) is 0. The zero-order valence-electron chi connectivity index (χ0n) is 6.25. The molecular formula is C4H9ClN6O. The Morgan fingerprint density at radius 1 is 1.67 bits per heavy atom. The van der Waals surface area contributed by atoms with Crippen molar-refractivity contribution in [1.82, 2.24) is 15.7 Å². The standard InChI is InChI=1S/C4H9ClN6O/c5-10-9-3-4(12)7-1-2-8-11-6/h9-10H,1-3H2,(H,7,12). The summed E-state index contributed by atoms with van der Waals surface area (Å²) in [5.74, 6) is -0.226. The number of hydrogen-bond donors (Lipinski definition) is 3. The first-order valence-corrected chi connectivity index (χ1v) is 3.55. The smallest absolute Gasteiger partial charge is 0.235 e. The van der Waals surface area contributed by atoms with E-state index in [1.807, 2.05) is 0 Å². The van der Waals surface area contributed by atoms with Gasteiger partial charge >= 0.3 is 0 Å². The van der Waals surface area contributed by atoms with Crippen molar-refractivity contribution in [2.45, 2.75) is 0 Å². The number of rotatable bonds is 6. The average molecular weight is 193 g/mol. The molecule has 0 aromatic carbocycles.